The molecule has 1 aliphatic heterocycles. The Morgan fingerprint density at radius 1 is 1.05 bits per heavy atom. The van der Waals surface area contributed by atoms with Crippen LogP contribution in [0.4, 0.5) is 17.1 Å². The highest BCUT2D eigenvalue weighted by atomic mass is 16.2. The normalized spacial score (nSPS) is 14.2. The number of carbonyl (C=O) groups excluding carboxylic acids is 1. The van der Waals surface area contributed by atoms with Gasteiger partial charge >= 0.3 is 0 Å². The van der Waals surface area contributed by atoms with Crippen molar-refractivity contribution in [3.05, 3.63) is 53.6 Å². The van der Waals surface area contributed by atoms with Gasteiger partial charge < -0.3 is 11.5 Å². The standard InChI is InChI=1S/C16H17N3O/c17-10-11-5-7-14-12(9-11)6-8-16(20)19(14)15-4-2-1-3-13(15)18/h1-5,7,9H,6,8,10,17-18H2. The van der Waals surface area contributed by atoms with Crippen LogP contribution in [-0.4, -0.2) is 5.91 Å². The second kappa shape index (κ2) is 4.98. The van der Waals surface area contributed by atoms with Crippen LogP contribution in [0.3, 0.4) is 0 Å². The Balaban J connectivity index is 2.13. The first-order valence-electron chi connectivity index (χ1n) is 6.70. The minimum Gasteiger partial charge on any atom is -0.397 e. The Bertz CT molecular complexity index is 667. The monoisotopic (exact) mass is 267 g/mol. The van der Waals surface area contributed by atoms with E-state index in [1.54, 1.807) is 4.90 Å². The van der Waals surface area contributed by atoms with E-state index in [0.29, 0.717) is 18.7 Å². The molecule has 0 atom stereocenters. The van der Waals surface area contributed by atoms with Gasteiger partial charge in [-0.15, -0.1) is 0 Å². The predicted molar refractivity (Wildman–Crippen MR) is 80.7 cm³/mol. The van der Waals surface area contributed by atoms with Gasteiger partial charge in [-0.3, -0.25) is 9.69 Å². The first kappa shape index (κ1) is 12.7. The first-order chi connectivity index (χ1) is 9.70. The molecule has 0 bridgehead atoms. The molecule has 2 aromatic rings. The van der Waals surface area contributed by atoms with Crippen molar-refractivity contribution in [2.24, 2.45) is 5.73 Å². The van der Waals surface area contributed by atoms with Gasteiger partial charge in [0.2, 0.25) is 5.91 Å². The summed E-state index contributed by atoms with van der Waals surface area (Å²) in [6, 6.07) is 13.4. The number of hydrogen-bond donors (Lipinski definition) is 2. The molecular formula is C16H17N3O. The zero-order valence-electron chi connectivity index (χ0n) is 11.2. The molecule has 0 saturated heterocycles. The number of nitrogens with two attached hydrogens (primary N) is 2. The van der Waals surface area contributed by atoms with Gasteiger partial charge in [-0.25, -0.2) is 0 Å². The maximum Gasteiger partial charge on any atom is 0.231 e. The highest BCUT2D eigenvalue weighted by Gasteiger charge is 2.26. The predicted octanol–water partition coefficient (Wildman–Crippen LogP) is 2.34. The summed E-state index contributed by atoms with van der Waals surface area (Å²) in [6.07, 6.45) is 1.25. The van der Waals surface area contributed by atoms with Crippen LogP contribution in [0.1, 0.15) is 17.5 Å². The zero-order chi connectivity index (χ0) is 14.1. The summed E-state index contributed by atoms with van der Waals surface area (Å²) < 4.78 is 0. The third-order valence-corrected chi connectivity index (χ3v) is 3.66. The molecule has 102 valence electrons. The summed E-state index contributed by atoms with van der Waals surface area (Å²) in [5.74, 6) is 0.0795. The van der Waals surface area contributed by atoms with Crippen molar-refractivity contribution < 1.29 is 4.79 Å². The molecule has 1 aliphatic rings. The van der Waals surface area contributed by atoms with Gasteiger partial charge in [0.1, 0.15) is 0 Å². The lowest BCUT2D eigenvalue weighted by Gasteiger charge is -2.30. The molecule has 20 heavy (non-hydrogen) atoms. The minimum absolute atomic E-state index is 0.0795. The van der Waals surface area contributed by atoms with Crippen LogP contribution in [0.15, 0.2) is 42.5 Å². The molecule has 0 radical (unpaired) electrons. The second-order valence-corrected chi connectivity index (χ2v) is 4.96. The van der Waals surface area contributed by atoms with Gasteiger partial charge in [-0.1, -0.05) is 24.3 Å². The summed E-state index contributed by atoms with van der Waals surface area (Å²) >= 11 is 0. The van der Waals surface area contributed by atoms with Crippen molar-refractivity contribution in [2.45, 2.75) is 19.4 Å². The molecule has 1 heterocycles. The van der Waals surface area contributed by atoms with E-state index in [1.807, 2.05) is 36.4 Å². The number of rotatable bonds is 2. The van der Waals surface area contributed by atoms with Crippen LogP contribution >= 0.6 is 0 Å². The number of para-hydroxylation sites is 2. The smallest absolute Gasteiger partial charge is 0.231 e. The number of anilines is 3. The highest BCUT2D eigenvalue weighted by molar-refractivity contribution is 6.05. The topological polar surface area (TPSA) is 72.4 Å². The third-order valence-electron chi connectivity index (χ3n) is 3.66. The Hall–Kier alpha value is -2.33. The van der Waals surface area contributed by atoms with E-state index >= 15 is 0 Å². The van der Waals surface area contributed by atoms with Crippen molar-refractivity contribution >= 4 is 23.0 Å². The molecule has 4 N–H and O–H groups in total. The van der Waals surface area contributed by atoms with Crippen molar-refractivity contribution in [3.8, 4) is 0 Å². The average molecular weight is 267 g/mol. The SMILES string of the molecule is NCc1ccc2c(c1)CCC(=O)N2c1ccccc1N. The Kier molecular flexibility index (Phi) is 3.16. The highest BCUT2D eigenvalue weighted by Crippen LogP contribution is 2.37. The third kappa shape index (κ3) is 2.04. The van der Waals surface area contributed by atoms with Gasteiger partial charge in [-0.2, -0.15) is 0 Å². The van der Waals surface area contributed by atoms with Crippen LogP contribution in [0.2, 0.25) is 0 Å². The van der Waals surface area contributed by atoms with Crippen LogP contribution in [0, 0.1) is 0 Å². The molecule has 3 rings (SSSR count). The number of fused-ring (bicyclic) bond motifs is 1. The molecule has 4 nitrogen and oxygen atoms in total. The molecule has 0 unspecified atom stereocenters. The zero-order valence-corrected chi connectivity index (χ0v) is 11.2. The van der Waals surface area contributed by atoms with Crippen molar-refractivity contribution in [1.29, 1.82) is 0 Å². The van der Waals surface area contributed by atoms with Crippen LogP contribution < -0.4 is 16.4 Å². The lowest BCUT2D eigenvalue weighted by atomic mass is 9.98. The fourth-order valence-corrected chi connectivity index (χ4v) is 2.63. The average Bonchev–Trinajstić information content (AvgIpc) is 2.48. The quantitative estimate of drug-likeness (QED) is 0.820. The van der Waals surface area contributed by atoms with Crippen molar-refractivity contribution in [1.82, 2.24) is 0 Å². The molecule has 0 spiro atoms. The summed E-state index contributed by atoms with van der Waals surface area (Å²) in [5.41, 5.74) is 16.2. The van der Waals surface area contributed by atoms with E-state index < -0.39 is 0 Å². The number of hydrogen-bond acceptors (Lipinski definition) is 3. The van der Waals surface area contributed by atoms with Gasteiger partial charge in [0.05, 0.1) is 17.1 Å². The van der Waals surface area contributed by atoms with Gasteiger partial charge in [0.15, 0.2) is 0 Å². The maximum atomic E-state index is 12.3. The molecule has 4 heteroatoms. The Morgan fingerprint density at radius 2 is 1.85 bits per heavy atom. The molecular weight excluding hydrogens is 250 g/mol. The lowest BCUT2D eigenvalue weighted by molar-refractivity contribution is -0.118. The number of carbonyl (C=O) groups is 1. The fourth-order valence-electron chi connectivity index (χ4n) is 2.63. The van der Waals surface area contributed by atoms with E-state index in [9.17, 15) is 4.79 Å². The Morgan fingerprint density at radius 3 is 2.60 bits per heavy atom. The van der Waals surface area contributed by atoms with Crippen molar-refractivity contribution in [2.75, 3.05) is 10.6 Å². The summed E-state index contributed by atoms with van der Waals surface area (Å²) in [7, 11) is 0. The number of aryl methyl sites for hydroxylation is 1. The number of benzene rings is 2. The van der Waals surface area contributed by atoms with E-state index in [2.05, 4.69) is 6.07 Å². The van der Waals surface area contributed by atoms with Crippen LogP contribution in [0.25, 0.3) is 0 Å². The molecule has 1 amide bonds. The summed E-state index contributed by atoms with van der Waals surface area (Å²) in [4.78, 5) is 14.0. The van der Waals surface area contributed by atoms with Gasteiger partial charge in [0.25, 0.3) is 0 Å². The van der Waals surface area contributed by atoms with E-state index in [1.165, 1.54) is 0 Å². The first-order valence-corrected chi connectivity index (χ1v) is 6.70. The molecule has 2 aromatic carbocycles. The van der Waals surface area contributed by atoms with E-state index in [4.69, 9.17) is 11.5 Å². The van der Waals surface area contributed by atoms with Crippen LogP contribution in [0.5, 0.6) is 0 Å². The summed E-state index contributed by atoms with van der Waals surface area (Å²) in [6.45, 7) is 0.509. The second-order valence-electron chi connectivity index (χ2n) is 4.96. The maximum absolute atomic E-state index is 12.3. The molecule has 0 saturated carbocycles. The number of amides is 1. The minimum atomic E-state index is 0.0795. The Labute approximate surface area is 118 Å². The molecule has 0 fully saturated rings. The van der Waals surface area contributed by atoms with Crippen LogP contribution in [-0.2, 0) is 17.8 Å². The van der Waals surface area contributed by atoms with E-state index in [-0.39, 0.29) is 5.91 Å². The van der Waals surface area contributed by atoms with E-state index in [0.717, 1.165) is 28.9 Å². The van der Waals surface area contributed by atoms with Gasteiger partial charge in [-0.05, 0) is 35.7 Å². The largest absolute Gasteiger partial charge is 0.397 e. The van der Waals surface area contributed by atoms with Crippen molar-refractivity contribution in [3.63, 3.8) is 0 Å². The summed E-state index contributed by atoms with van der Waals surface area (Å²) in [5, 5.41) is 0. The number of nitrogen functional groups attached to an aromatic ring is 1. The fraction of sp³-hybridized carbons (Fsp3) is 0.188. The molecule has 0 aromatic heterocycles. The lowest BCUT2D eigenvalue weighted by Crippen LogP contribution is -2.31. The van der Waals surface area contributed by atoms with Gasteiger partial charge in [0, 0.05) is 13.0 Å². The molecule has 0 aliphatic carbocycles. The number of nitrogens with zero attached hydrogens (tertiary/aromatic N) is 1.